The molecular weight excluding hydrogens is 306 g/mol. The number of ether oxygens (including phenoxy) is 1. The third-order valence-electron chi connectivity index (χ3n) is 4.70. The van der Waals surface area contributed by atoms with Gasteiger partial charge in [-0.15, -0.1) is 0 Å². The second-order valence-electron chi connectivity index (χ2n) is 6.26. The molecule has 2 fully saturated rings. The fourth-order valence-corrected chi connectivity index (χ4v) is 3.44. The number of fused-ring (bicyclic) bond motifs is 1. The number of likely N-dealkylation sites (tertiary alicyclic amines) is 1. The molecular formula is C17H21N5O2. The molecule has 4 heterocycles. The summed E-state index contributed by atoms with van der Waals surface area (Å²) in [6, 6.07) is 3.85. The highest BCUT2D eigenvalue weighted by Gasteiger charge is 2.31. The second kappa shape index (κ2) is 6.68. The minimum Gasteiger partial charge on any atom is -0.365 e. The van der Waals surface area contributed by atoms with Gasteiger partial charge in [0, 0.05) is 25.8 Å². The van der Waals surface area contributed by atoms with Crippen molar-refractivity contribution in [3.05, 3.63) is 24.7 Å². The first-order chi connectivity index (χ1) is 11.8. The summed E-state index contributed by atoms with van der Waals surface area (Å²) in [5.74, 6) is 0.934. The average Bonchev–Trinajstić information content (AvgIpc) is 2.68. The molecule has 7 nitrogen and oxygen atoms in total. The Morgan fingerprint density at radius 1 is 1.12 bits per heavy atom. The van der Waals surface area contributed by atoms with Crippen LogP contribution < -0.4 is 4.90 Å². The van der Waals surface area contributed by atoms with Crippen LogP contribution in [0.2, 0.25) is 0 Å². The molecule has 0 radical (unpaired) electrons. The number of hydrogen-bond acceptors (Lipinski definition) is 6. The van der Waals surface area contributed by atoms with Gasteiger partial charge in [-0.2, -0.15) is 0 Å². The Morgan fingerprint density at radius 3 is 2.88 bits per heavy atom. The molecule has 2 saturated heterocycles. The number of piperidine rings is 1. The monoisotopic (exact) mass is 327 g/mol. The Bertz CT molecular complexity index is 726. The van der Waals surface area contributed by atoms with Crippen LogP contribution >= 0.6 is 0 Å². The van der Waals surface area contributed by atoms with Gasteiger partial charge in [0.2, 0.25) is 0 Å². The van der Waals surface area contributed by atoms with Gasteiger partial charge >= 0.3 is 0 Å². The number of hydrogen-bond donors (Lipinski definition) is 0. The van der Waals surface area contributed by atoms with Crippen molar-refractivity contribution in [1.82, 2.24) is 19.9 Å². The number of aromatic nitrogens is 3. The highest BCUT2D eigenvalue weighted by Crippen LogP contribution is 2.24. The van der Waals surface area contributed by atoms with Crippen LogP contribution in [-0.4, -0.2) is 64.6 Å². The molecule has 0 N–H and O–H groups in total. The summed E-state index contributed by atoms with van der Waals surface area (Å²) in [5, 5.41) is 0.908. The number of carbonyl (C=O) groups excluding carboxylic acids is 1. The Balaban J connectivity index is 1.55. The van der Waals surface area contributed by atoms with Crippen molar-refractivity contribution >= 4 is 22.8 Å². The van der Waals surface area contributed by atoms with Crippen LogP contribution in [0.4, 0.5) is 5.82 Å². The summed E-state index contributed by atoms with van der Waals surface area (Å²) in [7, 11) is 0. The molecule has 2 aliphatic heterocycles. The maximum atomic E-state index is 12.7. The lowest BCUT2D eigenvalue weighted by atomic mass is 10.1. The van der Waals surface area contributed by atoms with Crippen LogP contribution in [0.25, 0.3) is 11.0 Å². The topological polar surface area (TPSA) is 71.5 Å². The second-order valence-corrected chi connectivity index (χ2v) is 6.26. The normalized spacial score (nSPS) is 21.9. The lowest BCUT2D eigenvalue weighted by Gasteiger charge is -2.36. The van der Waals surface area contributed by atoms with Crippen molar-refractivity contribution in [2.24, 2.45) is 0 Å². The van der Waals surface area contributed by atoms with Gasteiger partial charge in [0.15, 0.2) is 11.8 Å². The van der Waals surface area contributed by atoms with Gasteiger partial charge in [-0.3, -0.25) is 4.79 Å². The highest BCUT2D eigenvalue weighted by atomic mass is 16.5. The number of morpholine rings is 1. The SMILES string of the molecule is O=C(C1CN(c2ncnc3ncccc23)CCO1)N1CCCCC1. The van der Waals surface area contributed by atoms with E-state index in [1.54, 1.807) is 6.20 Å². The summed E-state index contributed by atoms with van der Waals surface area (Å²) in [5.41, 5.74) is 0.674. The van der Waals surface area contributed by atoms with Gasteiger partial charge in [0.05, 0.1) is 18.5 Å². The van der Waals surface area contributed by atoms with E-state index in [4.69, 9.17) is 4.74 Å². The number of pyridine rings is 1. The van der Waals surface area contributed by atoms with Crippen molar-refractivity contribution in [2.75, 3.05) is 37.7 Å². The van der Waals surface area contributed by atoms with Gasteiger partial charge in [-0.25, -0.2) is 15.0 Å². The number of carbonyl (C=O) groups is 1. The first-order valence-electron chi connectivity index (χ1n) is 8.54. The maximum absolute atomic E-state index is 12.7. The van der Waals surface area contributed by atoms with Crippen molar-refractivity contribution in [3.8, 4) is 0 Å². The van der Waals surface area contributed by atoms with Gasteiger partial charge in [0.25, 0.3) is 5.91 Å². The molecule has 2 aromatic rings. The van der Waals surface area contributed by atoms with Gasteiger partial charge in [-0.05, 0) is 31.4 Å². The van der Waals surface area contributed by atoms with Crippen molar-refractivity contribution < 1.29 is 9.53 Å². The molecule has 0 bridgehead atoms. The van der Waals surface area contributed by atoms with E-state index in [0.717, 1.165) is 37.1 Å². The largest absolute Gasteiger partial charge is 0.365 e. The molecule has 1 unspecified atom stereocenters. The molecule has 1 atom stereocenters. The van der Waals surface area contributed by atoms with Crippen LogP contribution in [0.3, 0.4) is 0 Å². The van der Waals surface area contributed by atoms with Crippen LogP contribution in [0, 0.1) is 0 Å². The molecule has 2 aliphatic rings. The molecule has 0 aromatic carbocycles. The lowest BCUT2D eigenvalue weighted by Crippen LogP contribution is -2.52. The molecule has 2 aromatic heterocycles. The number of rotatable bonds is 2. The predicted octanol–water partition coefficient (Wildman–Crippen LogP) is 1.24. The van der Waals surface area contributed by atoms with E-state index in [-0.39, 0.29) is 5.91 Å². The fourth-order valence-electron chi connectivity index (χ4n) is 3.44. The maximum Gasteiger partial charge on any atom is 0.253 e. The summed E-state index contributed by atoms with van der Waals surface area (Å²) < 4.78 is 5.76. The van der Waals surface area contributed by atoms with Crippen molar-refractivity contribution in [3.63, 3.8) is 0 Å². The van der Waals surface area contributed by atoms with Crippen LogP contribution in [-0.2, 0) is 9.53 Å². The van der Waals surface area contributed by atoms with Crippen molar-refractivity contribution in [1.29, 1.82) is 0 Å². The molecule has 4 rings (SSSR count). The van der Waals surface area contributed by atoms with E-state index in [2.05, 4.69) is 19.9 Å². The molecule has 1 amide bonds. The van der Waals surface area contributed by atoms with Gasteiger partial charge in [-0.1, -0.05) is 0 Å². The zero-order chi connectivity index (χ0) is 16.4. The third kappa shape index (κ3) is 2.91. The lowest BCUT2D eigenvalue weighted by molar-refractivity contribution is -0.145. The first kappa shape index (κ1) is 15.3. The summed E-state index contributed by atoms with van der Waals surface area (Å²) >= 11 is 0. The minimum atomic E-state index is -0.418. The number of nitrogens with zero attached hydrogens (tertiary/aromatic N) is 5. The molecule has 7 heteroatoms. The van der Waals surface area contributed by atoms with E-state index < -0.39 is 6.10 Å². The third-order valence-corrected chi connectivity index (χ3v) is 4.70. The number of anilines is 1. The van der Waals surface area contributed by atoms with Gasteiger partial charge < -0.3 is 14.5 Å². The Labute approximate surface area is 140 Å². The van der Waals surface area contributed by atoms with Crippen LogP contribution in [0.15, 0.2) is 24.7 Å². The molecule has 0 spiro atoms. The summed E-state index contributed by atoms with van der Waals surface area (Å²) in [6.07, 6.45) is 6.22. The Kier molecular flexibility index (Phi) is 4.25. The average molecular weight is 327 g/mol. The standard InChI is InChI=1S/C17H21N5O2/c23-17(21-7-2-1-3-8-21)14-11-22(9-10-24-14)16-13-5-4-6-18-15(13)19-12-20-16/h4-6,12,14H,1-3,7-11H2. The quantitative estimate of drug-likeness (QED) is 0.826. The number of amides is 1. The molecule has 0 aliphatic carbocycles. The minimum absolute atomic E-state index is 0.107. The molecule has 24 heavy (non-hydrogen) atoms. The zero-order valence-electron chi connectivity index (χ0n) is 13.6. The highest BCUT2D eigenvalue weighted by molar-refractivity contribution is 5.87. The molecule has 0 saturated carbocycles. The first-order valence-corrected chi connectivity index (χ1v) is 8.54. The fraction of sp³-hybridized carbons (Fsp3) is 0.529. The van der Waals surface area contributed by atoms with Crippen molar-refractivity contribution in [2.45, 2.75) is 25.4 Å². The van der Waals surface area contributed by atoms with Gasteiger partial charge in [0.1, 0.15) is 12.1 Å². The summed E-state index contributed by atoms with van der Waals surface area (Å²) in [4.78, 5) is 29.7. The van der Waals surface area contributed by atoms with E-state index in [1.807, 2.05) is 17.0 Å². The van der Waals surface area contributed by atoms with E-state index >= 15 is 0 Å². The van der Waals surface area contributed by atoms with E-state index in [9.17, 15) is 4.79 Å². The predicted molar refractivity (Wildman–Crippen MR) is 89.7 cm³/mol. The molecule has 126 valence electrons. The zero-order valence-corrected chi connectivity index (χ0v) is 13.6. The summed E-state index contributed by atoms with van der Waals surface area (Å²) in [6.45, 7) is 3.45. The van der Waals surface area contributed by atoms with E-state index in [1.165, 1.54) is 12.7 Å². The Morgan fingerprint density at radius 2 is 2.00 bits per heavy atom. The van der Waals surface area contributed by atoms with Crippen LogP contribution in [0.5, 0.6) is 0 Å². The smallest absolute Gasteiger partial charge is 0.253 e. The van der Waals surface area contributed by atoms with Crippen LogP contribution in [0.1, 0.15) is 19.3 Å². The van der Waals surface area contributed by atoms with E-state index in [0.29, 0.717) is 25.3 Å². The Hall–Kier alpha value is -2.28.